The van der Waals surface area contributed by atoms with E-state index in [0.29, 0.717) is 5.41 Å². The van der Waals surface area contributed by atoms with Crippen LogP contribution in [-0.4, -0.2) is 0 Å². The van der Waals surface area contributed by atoms with Gasteiger partial charge in [-0.15, -0.1) is 0 Å². The number of hydrogen-bond donors (Lipinski definition) is 0. The second-order valence-electron chi connectivity index (χ2n) is 11.2. The average Bonchev–Trinajstić information content (AvgIpc) is 2.68. The molecule has 0 heterocycles. The SMILES string of the molecule is CCCCC(CC)C(C)CCC(C)CC1CC(C(C)(CCC)CCCC)C1C. The van der Waals surface area contributed by atoms with Crippen molar-refractivity contribution in [2.45, 2.75) is 139 Å². The van der Waals surface area contributed by atoms with Gasteiger partial charge in [0, 0.05) is 0 Å². The first-order valence-electron chi connectivity index (χ1n) is 13.3. The van der Waals surface area contributed by atoms with Crippen LogP contribution in [0.5, 0.6) is 0 Å². The van der Waals surface area contributed by atoms with Crippen molar-refractivity contribution in [2.24, 2.45) is 40.9 Å². The Hall–Kier alpha value is 0. The van der Waals surface area contributed by atoms with E-state index in [-0.39, 0.29) is 0 Å². The van der Waals surface area contributed by atoms with Gasteiger partial charge in [-0.05, 0) is 66.6 Å². The third-order valence-electron chi connectivity index (χ3n) is 8.83. The van der Waals surface area contributed by atoms with Crippen LogP contribution in [0.25, 0.3) is 0 Å². The van der Waals surface area contributed by atoms with Crippen molar-refractivity contribution in [1.82, 2.24) is 0 Å². The third-order valence-corrected chi connectivity index (χ3v) is 8.83. The molecule has 0 radical (unpaired) electrons. The summed E-state index contributed by atoms with van der Waals surface area (Å²) in [7, 11) is 0. The Morgan fingerprint density at radius 1 is 0.857 bits per heavy atom. The lowest BCUT2D eigenvalue weighted by Crippen LogP contribution is -2.45. The zero-order chi connectivity index (χ0) is 21.2. The van der Waals surface area contributed by atoms with Crippen molar-refractivity contribution in [3.05, 3.63) is 0 Å². The van der Waals surface area contributed by atoms with Gasteiger partial charge in [-0.2, -0.15) is 0 Å². The molecule has 0 aliphatic heterocycles. The molecule has 0 aromatic heterocycles. The van der Waals surface area contributed by atoms with Crippen LogP contribution in [0.4, 0.5) is 0 Å². The molecule has 7 atom stereocenters. The van der Waals surface area contributed by atoms with E-state index in [2.05, 4.69) is 55.4 Å². The lowest BCUT2D eigenvalue weighted by molar-refractivity contribution is -0.0405. The fourth-order valence-corrected chi connectivity index (χ4v) is 6.54. The van der Waals surface area contributed by atoms with E-state index in [1.165, 1.54) is 83.5 Å². The van der Waals surface area contributed by atoms with E-state index in [4.69, 9.17) is 0 Å². The molecule has 0 bridgehead atoms. The van der Waals surface area contributed by atoms with E-state index >= 15 is 0 Å². The first kappa shape index (κ1) is 26.0. The van der Waals surface area contributed by atoms with Crippen LogP contribution in [0.2, 0.25) is 0 Å². The van der Waals surface area contributed by atoms with E-state index in [9.17, 15) is 0 Å². The van der Waals surface area contributed by atoms with Crippen LogP contribution >= 0.6 is 0 Å². The molecular formula is C28H56. The molecule has 0 N–H and O–H groups in total. The molecule has 1 aliphatic rings. The highest BCUT2D eigenvalue weighted by Crippen LogP contribution is 2.55. The standard InChI is InChI=1S/C28H56/c1-9-13-15-25(12-4)23(6)17-16-22(5)20-26-21-27(24(26)7)28(8,18-11-3)19-14-10-2/h22-27H,9-21H2,1-8H3. The van der Waals surface area contributed by atoms with Gasteiger partial charge in [-0.3, -0.25) is 0 Å². The number of hydrogen-bond acceptors (Lipinski definition) is 0. The largest absolute Gasteiger partial charge is 0.0654 e. The summed E-state index contributed by atoms with van der Waals surface area (Å²) in [4.78, 5) is 0. The molecule has 0 saturated heterocycles. The summed E-state index contributed by atoms with van der Waals surface area (Å²) in [6, 6.07) is 0. The smallest absolute Gasteiger partial charge is 0.0295 e. The van der Waals surface area contributed by atoms with Gasteiger partial charge in [0.1, 0.15) is 0 Å². The lowest BCUT2D eigenvalue weighted by Gasteiger charge is -2.53. The average molecular weight is 393 g/mol. The summed E-state index contributed by atoms with van der Waals surface area (Å²) < 4.78 is 0. The molecule has 28 heavy (non-hydrogen) atoms. The second-order valence-corrected chi connectivity index (χ2v) is 11.2. The first-order chi connectivity index (χ1) is 13.3. The topological polar surface area (TPSA) is 0 Å². The third kappa shape index (κ3) is 7.68. The highest BCUT2D eigenvalue weighted by Gasteiger charge is 2.47. The Morgan fingerprint density at radius 2 is 1.54 bits per heavy atom. The molecule has 0 amide bonds. The van der Waals surface area contributed by atoms with Gasteiger partial charge in [-0.25, -0.2) is 0 Å². The maximum atomic E-state index is 2.62. The van der Waals surface area contributed by atoms with Gasteiger partial charge in [0.05, 0.1) is 0 Å². The summed E-state index contributed by atoms with van der Waals surface area (Å²) in [5.41, 5.74) is 0.617. The van der Waals surface area contributed by atoms with Gasteiger partial charge in [0.2, 0.25) is 0 Å². The first-order valence-corrected chi connectivity index (χ1v) is 13.3. The lowest BCUT2D eigenvalue weighted by atomic mass is 9.52. The number of unbranched alkanes of at least 4 members (excludes halogenated alkanes) is 2. The maximum Gasteiger partial charge on any atom is -0.0295 e. The highest BCUT2D eigenvalue weighted by atomic mass is 14.5. The second kappa shape index (κ2) is 13.3. The van der Waals surface area contributed by atoms with Crippen molar-refractivity contribution < 1.29 is 0 Å². The molecule has 0 heteroatoms. The predicted octanol–water partition coefficient (Wildman–Crippen LogP) is 9.91. The highest BCUT2D eigenvalue weighted by molar-refractivity contribution is 4.96. The summed E-state index contributed by atoms with van der Waals surface area (Å²) in [5.74, 6) is 5.78. The van der Waals surface area contributed by atoms with Gasteiger partial charge >= 0.3 is 0 Å². The molecule has 0 aromatic rings. The quantitative estimate of drug-likeness (QED) is 0.245. The van der Waals surface area contributed by atoms with E-state index in [1.54, 1.807) is 0 Å². The predicted molar refractivity (Wildman–Crippen MR) is 129 cm³/mol. The van der Waals surface area contributed by atoms with Crippen LogP contribution in [-0.2, 0) is 0 Å². The van der Waals surface area contributed by atoms with Crippen LogP contribution < -0.4 is 0 Å². The Labute approximate surface area is 180 Å². The van der Waals surface area contributed by atoms with Crippen molar-refractivity contribution in [1.29, 1.82) is 0 Å². The van der Waals surface area contributed by atoms with Crippen molar-refractivity contribution in [3.8, 4) is 0 Å². The molecule has 1 fully saturated rings. The van der Waals surface area contributed by atoms with Crippen LogP contribution in [0.3, 0.4) is 0 Å². The molecular weight excluding hydrogens is 336 g/mol. The molecule has 1 aliphatic carbocycles. The van der Waals surface area contributed by atoms with Gasteiger partial charge in [0.25, 0.3) is 0 Å². The molecule has 0 aromatic carbocycles. The molecule has 1 rings (SSSR count). The molecule has 7 unspecified atom stereocenters. The normalized spacial score (nSPS) is 27.6. The Bertz CT molecular complexity index is 385. The molecule has 1 saturated carbocycles. The monoisotopic (exact) mass is 392 g/mol. The zero-order valence-electron chi connectivity index (χ0n) is 21.2. The minimum Gasteiger partial charge on any atom is -0.0654 e. The van der Waals surface area contributed by atoms with Crippen LogP contribution in [0.15, 0.2) is 0 Å². The molecule has 0 spiro atoms. The minimum absolute atomic E-state index is 0.617. The van der Waals surface area contributed by atoms with E-state index < -0.39 is 0 Å². The summed E-state index contributed by atoms with van der Waals surface area (Å²) in [6.07, 6.45) is 18.6. The van der Waals surface area contributed by atoms with Crippen molar-refractivity contribution in [3.63, 3.8) is 0 Å². The van der Waals surface area contributed by atoms with E-state index in [1.807, 2.05) is 0 Å². The summed E-state index contributed by atoms with van der Waals surface area (Å²) in [6.45, 7) is 19.8. The van der Waals surface area contributed by atoms with Crippen molar-refractivity contribution >= 4 is 0 Å². The fourth-order valence-electron chi connectivity index (χ4n) is 6.54. The van der Waals surface area contributed by atoms with Gasteiger partial charge in [-0.1, -0.05) is 113 Å². The fraction of sp³-hybridized carbons (Fsp3) is 1.00. The van der Waals surface area contributed by atoms with Crippen LogP contribution in [0.1, 0.15) is 139 Å². The Morgan fingerprint density at radius 3 is 2.07 bits per heavy atom. The van der Waals surface area contributed by atoms with E-state index in [0.717, 1.165) is 35.5 Å². The minimum atomic E-state index is 0.617. The van der Waals surface area contributed by atoms with Gasteiger partial charge in [0.15, 0.2) is 0 Å². The zero-order valence-corrected chi connectivity index (χ0v) is 21.2. The summed E-state index contributed by atoms with van der Waals surface area (Å²) in [5, 5.41) is 0. The molecule has 0 nitrogen and oxygen atoms in total. The number of rotatable bonds is 16. The Balaban J connectivity index is 2.42. The maximum absolute atomic E-state index is 2.62. The van der Waals surface area contributed by atoms with Gasteiger partial charge < -0.3 is 0 Å². The Kier molecular flexibility index (Phi) is 12.4. The summed E-state index contributed by atoms with van der Waals surface area (Å²) >= 11 is 0. The molecule has 168 valence electrons. The van der Waals surface area contributed by atoms with Crippen LogP contribution in [0, 0.1) is 40.9 Å². The van der Waals surface area contributed by atoms with Crippen molar-refractivity contribution in [2.75, 3.05) is 0 Å².